The van der Waals surface area contributed by atoms with Crippen LogP contribution in [0.25, 0.3) is 44.1 Å². The Morgan fingerprint density at radius 1 is 0.545 bits per heavy atom. The number of pyridine rings is 2. The fourth-order valence-electron chi connectivity index (χ4n) is 5.77. The minimum atomic E-state index is -0.125. The summed E-state index contributed by atoms with van der Waals surface area (Å²) >= 11 is 0. The van der Waals surface area contributed by atoms with Crippen molar-refractivity contribution in [2.24, 2.45) is 0 Å². The molecule has 55 heavy (non-hydrogen) atoms. The molecule has 0 saturated carbocycles. The Morgan fingerprint density at radius 2 is 0.982 bits per heavy atom. The van der Waals surface area contributed by atoms with Crippen LogP contribution in [0.5, 0.6) is 0 Å². The van der Waals surface area contributed by atoms with Crippen LogP contribution in [0.4, 0.5) is 0 Å². The van der Waals surface area contributed by atoms with E-state index in [2.05, 4.69) is 119 Å². The number of carbonyl (C=O) groups excluding carboxylic acids is 2. The largest absolute Gasteiger partial charge is 0.512 e. The van der Waals surface area contributed by atoms with Gasteiger partial charge in [0.25, 0.3) is 0 Å². The van der Waals surface area contributed by atoms with Crippen molar-refractivity contribution in [2.45, 2.75) is 76.2 Å². The van der Waals surface area contributed by atoms with Crippen molar-refractivity contribution in [3.63, 3.8) is 0 Å². The minimum Gasteiger partial charge on any atom is -0.512 e. The topological polar surface area (TPSA) is 100 Å². The molecule has 0 fully saturated rings. The van der Waals surface area contributed by atoms with E-state index in [1.807, 2.05) is 30.6 Å². The fourth-order valence-corrected chi connectivity index (χ4v) is 5.77. The summed E-state index contributed by atoms with van der Waals surface area (Å²) in [5.41, 5.74) is 12.9. The van der Waals surface area contributed by atoms with Gasteiger partial charge in [0, 0.05) is 64.8 Å². The number of hydrogen-bond donors (Lipinski definition) is 2. The molecule has 2 heterocycles. The second-order valence-electron chi connectivity index (χ2n) is 13.4. The van der Waals surface area contributed by atoms with E-state index in [0.29, 0.717) is 0 Å². The minimum absolute atomic E-state index is 0. The van der Waals surface area contributed by atoms with Gasteiger partial charge < -0.3 is 20.2 Å². The monoisotopic (exact) mass is 1090 g/mol. The first-order valence-electron chi connectivity index (χ1n) is 17.4. The number of nitrogens with zero attached hydrogens (tertiary/aromatic N) is 2. The zero-order chi connectivity index (χ0) is 39.4. The molecule has 0 saturated heterocycles. The molecule has 0 amide bonds. The molecule has 0 atom stereocenters. The van der Waals surface area contributed by atoms with Gasteiger partial charge in [-0.3, -0.25) is 9.59 Å². The van der Waals surface area contributed by atoms with Crippen molar-refractivity contribution in [3.05, 3.63) is 154 Å². The zero-order valence-electron chi connectivity index (χ0n) is 33.4. The molecule has 2 aromatic heterocycles. The van der Waals surface area contributed by atoms with Crippen LogP contribution in [0.15, 0.2) is 103 Å². The third kappa shape index (κ3) is 14.5. The van der Waals surface area contributed by atoms with Gasteiger partial charge in [-0.2, -0.15) is 0 Å². The number of ketones is 2. The first kappa shape index (κ1) is 48.4. The number of hydrogen-bond acceptors (Lipinski definition) is 6. The van der Waals surface area contributed by atoms with Crippen molar-refractivity contribution in [2.75, 3.05) is 0 Å². The first-order valence-corrected chi connectivity index (χ1v) is 17.4. The molecule has 2 N–H and O–H groups in total. The summed E-state index contributed by atoms with van der Waals surface area (Å²) < 4.78 is 0. The maximum Gasteiger partial charge on any atom is 0.155 e. The zero-order valence-corrected chi connectivity index (χ0v) is 38.2. The molecule has 6 rings (SSSR count). The van der Waals surface area contributed by atoms with Crippen molar-refractivity contribution in [1.29, 1.82) is 0 Å². The van der Waals surface area contributed by atoms with Gasteiger partial charge in [0.05, 0.1) is 11.5 Å². The van der Waals surface area contributed by atoms with Gasteiger partial charge in [0.2, 0.25) is 0 Å². The summed E-state index contributed by atoms with van der Waals surface area (Å²) in [6, 6.07) is 30.1. The van der Waals surface area contributed by atoms with Crippen LogP contribution in [-0.4, -0.2) is 31.7 Å². The molecule has 0 aliphatic carbocycles. The van der Waals surface area contributed by atoms with E-state index in [4.69, 9.17) is 10.2 Å². The van der Waals surface area contributed by atoms with Gasteiger partial charge in [0.15, 0.2) is 11.6 Å². The number of aliphatic hydroxyl groups is 2. The average molecular weight is 1090 g/mol. The molecule has 6 nitrogen and oxygen atoms in total. The Balaban J connectivity index is 0.000000402. The first-order chi connectivity index (χ1) is 25.0. The van der Waals surface area contributed by atoms with Gasteiger partial charge >= 0.3 is 0 Å². The van der Waals surface area contributed by atoms with E-state index in [9.17, 15) is 9.59 Å². The molecular weight excluding hydrogens is 1040 g/mol. The third-order valence-corrected chi connectivity index (χ3v) is 8.13. The summed E-state index contributed by atoms with van der Waals surface area (Å²) in [5.74, 6) is -0.125. The quantitative estimate of drug-likeness (QED) is 0.104. The predicted octanol–water partition coefficient (Wildman–Crippen LogP) is 11.6. The van der Waals surface area contributed by atoms with E-state index in [-0.39, 0.29) is 63.3 Å². The molecule has 6 aromatic rings. The molecule has 0 unspecified atom stereocenters. The van der Waals surface area contributed by atoms with Crippen molar-refractivity contribution in [1.82, 2.24) is 9.97 Å². The smallest absolute Gasteiger partial charge is 0.155 e. The SMILES string of the molecule is CC(=O)C=C(C)O.CC(=O)C=C(C)O.Cc1c[c-]c(-c2ncc(C)c3ccc(C)cc23)c(C)c1.Cc1ccc2c(C)cnc(-c3[c-]cccc3C)c2c1.[Ir].[Ir]. The summed E-state index contributed by atoms with van der Waals surface area (Å²) in [6.45, 7) is 20.5. The van der Waals surface area contributed by atoms with Crippen LogP contribution in [0.1, 0.15) is 66.6 Å². The number of aromatic nitrogens is 2. The summed E-state index contributed by atoms with van der Waals surface area (Å²) in [7, 11) is 0. The van der Waals surface area contributed by atoms with E-state index >= 15 is 0 Å². The molecule has 8 heteroatoms. The Kier molecular flexibility index (Phi) is 20.0. The van der Waals surface area contributed by atoms with Crippen molar-refractivity contribution < 1.29 is 60.0 Å². The van der Waals surface area contributed by atoms with Gasteiger partial charge in [-0.1, -0.05) is 68.3 Å². The van der Waals surface area contributed by atoms with Crippen LogP contribution in [0.2, 0.25) is 0 Å². The second kappa shape index (κ2) is 22.7. The van der Waals surface area contributed by atoms with Crippen LogP contribution in [0, 0.1) is 60.6 Å². The van der Waals surface area contributed by atoms with Gasteiger partial charge in [-0.05, 0) is 99.4 Å². The summed E-state index contributed by atoms with van der Waals surface area (Å²) in [5, 5.41) is 21.7. The number of rotatable bonds is 4. The van der Waals surface area contributed by atoms with Crippen LogP contribution < -0.4 is 0 Å². The number of benzene rings is 4. The maximum absolute atomic E-state index is 10.0. The van der Waals surface area contributed by atoms with E-state index in [1.165, 1.54) is 100 Å². The van der Waals surface area contributed by atoms with E-state index in [1.54, 1.807) is 0 Å². The molecule has 0 aliphatic rings. The Morgan fingerprint density at radius 3 is 1.35 bits per heavy atom. The number of allylic oxidation sites excluding steroid dienone is 4. The molecule has 0 spiro atoms. The van der Waals surface area contributed by atoms with E-state index < -0.39 is 0 Å². The molecule has 4 aromatic carbocycles. The molecule has 0 aliphatic heterocycles. The molecular formula is C47H50Ir2N2O4-2. The number of aryl methyl sites for hydroxylation is 7. The average Bonchev–Trinajstić information content (AvgIpc) is 3.06. The van der Waals surface area contributed by atoms with E-state index in [0.717, 1.165) is 22.5 Å². The summed E-state index contributed by atoms with van der Waals surface area (Å²) in [6.07, 6.45) is 6.24. The summed E-state index contributed by atoms with van der Waals surface area (Å²) in [4.78, 5) is 29.4. The fraction of sp³-hybridized carbons (Fsp3) is 0.234. The van der Waals surface area contributed by atoms with Gasteiger partial charge in [0.1, 0.15) is 0 Å². The number of fused-ring (bicyclic) bond motifs is 2. The number of carbonyl (C=O) groups is 2. The Labute approximate surface area is 353 Å². The van der Waals surface area contributed by atoms with Crippen molar-refractivity contribution in [3.8, 4) is 22.5 Å². The Hall–Kier alpha value is -4.58. The predicted molar refractivity (Wildman–Crippen MR) is 219 cm³/mol. The molecule has 2 radical (unpaired) electrons. The normalized spacial score (nSPS) is 10.7. The van der Waals surface area contributed by atoms with Crippen LogP contribution >= 0.6 is 0 Å². The third-order valence-electron chi connectivity index (χ3n) is 8.13. The van der Waals surface area contributed by atoms with Gasteiger partial charge in [-0.15, -0.1) is 70.3 Å². The van der Waals surface area contributed by atoms with Crippen molar-refractivity contribution >= 4 is 33.1 Å². The van der Waals surface area contributed by atoms with Gasteiger partial charge in [-0.25, -0.2) is 0 Å². The van der Waals surface area contributed by atoms with Crippen LogP contribution in [0.3, 0.4) is 0 Å². The Bertz CT molecular complexity index is 2290. The second-order valence-corrected chi connectivity index (χ2v) is 13.4. The standard InChI is InChI=1S/C19H18N.C18H16N.2C5H8O2.2Ir/c1-12-6-8-17(14(3)9-12)19-18-10-13(2)5-7-16(18)15(4)11-20-19;1-12-8-9-15-14(3)11-19-18(17(15)10-12)16-7-5-4-6-13(16)2;2*1-4(6)3-5(2)7;;/h5-7,9-11H,1-4H3;4-6,8-11H,1-3H3;2*3,6H,1-2H3;;/q2*-1;;;;. The molecule has 292 valence electrons. The number of aliphatic hydroxyl groups excluding tert-OH is 2. The molecule has 0 bridgehead atoms. The van der Waals surface area contributed by atoms with Crippen LogP contribution in [-0.2, 0) is 49.8 Å². The maximum atomic E-state index is 10.0.